The zero-order valence-electron chi connectivity index (χ0n) is 14.5. The minimum Gasteiger partial charge on any atom is -0.504 e. The number of imide groups is 1. The summed E-state index contributed by atoms with van der Waals surface area (Å²) in [6.07, 6.45) is 1.54. The Morgan fingerprint density at radius 2 is 2.11 bits per heavy atom. The third-order valence-electron chi connectivity index (χ3n) is 3.90. The van der Waals surface area contributed by atoms with Crippen molar-refractivity contribution in [3.63, 3.8) is 0 Å². The molecule has 1 saturated heterocycles. The quantitative estimate of drug-likeness (QED) is 0.410. The molecule has 3 rings (SSSR count). The van der Waals surface area contributed by atoms with Gasteiger partial charge in [0.2, 0.25) is 0 Å². The van der Waals surface area contributed by atoms with Crippen molar-refractivity contribution < 1.29 is 23.8 Å². The summed E-state index contributed by atoms with van der Waals surface area (Å²) in [5.41, 5.74) is 0.686. The number of ether oxygens (including phenoxy) is 1. The Morgan fingerprint density at radius 3 is 2.79 bits per heavy atom. The number of thioether (sulfide) groups is 1. The lowest BCUT2D eigenvalue weighted by molar-refractivity contribution is -0.123. The number of rotatable bonds is 5. The summed E-state index contributed by atoms with van der Waals surface area (Å²) in [6.45, 7) is 1.91. The van der Waals surface area contributed by atoms with Crippen LogP contribution in [-0.2, 0) is 11.3 Å². The minimum atomic E-state index is -0.579. The van der Waals surface area contributed by atoms with Crippen LogP contribution in [0.25, 0.3) is 6.08 Å². The number of carbonyl (C=O) groups excluding carboxylic acids is 2. The Bertz CT molecular complexity index is 978. The lowest BCUT2D eigenvalue weighted by Gasteiger charge is -2.14. The molecule has 1 aliphatic rings. The van der Waals surface area contributed by atoms with E-state index in [1.807, 2.05) is 22.6 Å². The van der Waals surface area contributed by atoms with Gasteiger partial charge in [0.15, 0.2) is 11.5 Å². The molecule has 2 amide bonds. The summed E-state index contributed by atoms with van der Waals surface area (Å²) in [6, 6.07) is 7.44. The molecule has 9 heteroatoms. The number of halogens is 3. The number of nitrogens with zero attached hydrogens (tertiary/aromatic N) is 1. The van der Waals surface area contributed by atoms with Crippen LogP contribution in [0.3, 0.4) is 0 Å². The van der Waals surface area contributed by atoms with Gasteiger partial charge in [-0.25, -0.2) is 4.39 Å². The first-order valence-electron chi connectivity index (χ1n) is 8.15. The molecule has 0 unspecified atom stereocenters. The first-order valence-corrected chi connectivity index (χ1v) is 10.4. The summed E-state index contributed by atoms with van der Waals surface area (Å²) in [4.78, 5) is 26.1. The molecule has 0 bridgehead atoms. The maximum absolute atomic E-state index is 14.0. The second-order valence-corrected chi connectivity index (χ2v) is 8.31. The Kier molecular flexibility index (Phi) is 6.51. The fraction of sp³-hybridized carbons (Fsp3) is 0.158. The molecule has 1 fully saturated rings. The van der Waals surface area contributed by atoms with Crippen LogP contribution in [0.2, 0.25) is 5.02 Å². The van der Waals surface area contributed by atoms with Gasteiger partial charge in [-0.15, -0.1) is 0 Å². The number of aromatic hydroxyl groups is 1. The number of benzene rings is 2. The van der Waals surface area contributed by atoms with E-state index >= 15 is 0 Å². The van der Waals surface area contributed by atoms with E-state index in [0.29, 0.717) is 15.7 Å². The highest BCUT2D eigenvalue weighted by Crippen LogP contribution is 2.37. The average molecular weight is 534 g/mol. The molecule has 1 heterocycles. The van der Waals surface area contributed by atoms with Gasteiger partial charge in [0.1, 0.15) is 5.82 Å². The SMILES string of the molecule is CCOc1cc(/C=C2\SC(=O)N(Cc3c(F)cccc3Cl)C2=O)cc(I)c1O. The van der Waals surface area contributed by atoms with Crippen molar-refractivity contribution in [2.75, 3.05) is 6.61 Å². The van der Waals surface area contributed by atoms with Crippen LogP contribution in [0.5, 0.6) is 11.5 Å². The van der Waals surface area contributed by atoms with Crippen molar-refractivity contribution in [1.29, 1.82) is 0 Å². The van der Waals surface area contributed by atoms with Gasteiger partial charge in [0.05, 0.1) is 21.6 Å². The molecule has 146 valence electrons. The van der Waals surface area contributed by atoms with Crippen molar-refractivity contribution in [2.45, 2.75) is 13.5 Å². The highest BCUT2D eigenvalue weighted by Gasteiger charge is 2.36. The topological polar surface area (TPSA) is 66.8 Å². The molecule has 0 aromatic heterocycles. The van der Waals surface area contributed by atoms with Gasteiger partial charge in [-0.3, -0.25) is 14.5 Å². The molecule has 0 aliphatic carbocycles. The minimum absolute atomic E-state index is 0.0156. The number of phenolic OH excluding ortho intramolecular Hbond substituents is 1. The van der Waals surface area contributed by atoms with Crippen molar-refractivity contribution in [2.24, 2.45) is 0 Å². The Labute approximate surface area is 183 Å². The van der Waals surface area contributed by atoms with Crippen LogP contribution in [0.4, 0.5) is 9.18 Å². The van der Waals surface area contributed by atoms with Crippen LogP contribution in [0.1, 0.15) is 18.1 Å². The zero-order valence-corrected chi connectivity index (χ0v) is 18.3. The fourth-order valence-corrected chi connectivity index (χ4v) is 4.26. The molecule has 1 N–H and O–H groups in total. The van der Waals surface area contributed by atoms with Gasteiger partial charge in [-0.2, -0.15) is 0 Å². The van der Waals surface area contributed by atoms with E-state index in [-0.39, 0.29) is 33.5 Å². The van der Waals surface area contributed by atoms with E-state index in [9.17, 15) is 19.1 Å². The van der Waals surface area contributed by atoms with Crippen molar-refractivity contribution in [3.05, 3.63) is 60.8 Å². The molecule has 0 spiro atoms. The van der Waals surface area contributed by atoms with Crippen LogP contribution in [0, 0.1) is 9.39 Å². The molecule has 2 aromatic carbocycles. The average Bonchev–Trinajstić information content (AvgIpc) is 2.89. The van der Waals surface area contributed by atoms with Gasteiger partial charge in [-0.1, -0.05) is 17.7 Å². The summed E-state index contributed by atoms with van der Waals surface area (Å²) in [5.74, 6) is -0.805. The van der Waals surface area contributed by atoms with E-state index in [4.69, 9.17) is 16.3 Å². The maximum atomic E-state index is 14.0. The zero-order chi connectivity index (χ0) is 20.4. The van der Waals surface area contributed by atoms with Crippen LogP contribution in [0.15, 0.2) is 35.2 Å². The number of phenols is 1. The third-order valence-corrected chi connectivity index (χ3v) is 5.98. The predicted octanol–water partition coefficient (Wildman–Crippen LogP) is 5.42. The third kappa shape index (κ3) is 4.28. The van der Waals surface area contributed by atoms with Crippen molar-refractivity contribution in [1.82, 2.24) is 4.90 Å². The first kappa shape index (κ1) is 20.9. The molecular weight excluding hydrogens is 520 g/mol. The highest BCUT2D eigenvalue weighted by molar-refractivity contribution is 14.1. The van der Waals surface area contributed by atoms with Gasteiger partial charge in [0, 0.05) is 10.6 Å². The highest BCUT2D eigenvalue weighted by atomic mass is 127. The normalized spacial score (nSPS) is 15.6. The Hall–Kier alpha value is -1.78. The summed E-state index contributed by atoms with van der Waals surface area (Å²) >= 11 is 8.72. The summed E-state index contributed by atoms with van der Waals surface area (Å²) < 4.78 is 19.9. The van der Waals surface area contributed by atoms with Gasteiger partial charge >= 0.3 is 0 Å². The molecule has 5 nitrogen and oxygen atoms in total. The molecule has 2 aromatic rings. The van der Waals surface area contributed by atoms with Gasteiger partial charge in [-0.05, 0) is 77.2 Å². The van der Waals surface area contributed by atoms with E-state index in [0.717, 1.165) is 16.7 Å². The molecule has 28 heavy (non-hydrogen) atoms. The molecule has 1 aliphatic heterocycles. The van der Waals surface area contributed by atoms with Gasteiger partial charge in [0.25, 0.3) is 11.1 Å². The molecule has 0 atom stereocenters. The standard InChI is InChI=1S/C19H14ClFINO4S/c1-2-27-15-7-10(6-14(22)17(15)24)8-16-18(25)23(19(26)28-16)9-11-12(20)4-3-5-13(11)21/h3-8,24H,2,9H2,1H3/b16-8-. The molecular formula is C19H14ClFINO4S. The van der Waals surface area contributed by atoms with Crippen LogP contribution < -0.4 is 4.74 Å². The predicted molar refractivity (Wildman–Crippen MR) is 115 cm³/mol. The smallest absolute Gasteiger partial charge is 0.293 e. The summed E-state index contributed by atoms with van der Waals surface area (Å²) in [5, 5.41) is 9.68. The lowest BCUT2D eigenvalue weighted by Crippen LogP contribution is -2.28. The second kappa shape index (κ2) is 8.71. The number of hydrogen-bond donors (Lipinski definition) is 1. The Morgan fingerprint density at radius 1 is 1.36 bits per heavy atom. The largest absolute Gasteiger partial charge is 0.504 e. The monoisotopic (exact) mass is 533 g/mol. The van der Waals surface area contributed by atoms with E-state index in [2.05, 4.69) is 0 Å². The summed E-state index contributed by atoms with van der Waals surface area (Å²) in [7, 11) is 0. The Balaban J connectivity index is 1.89. The fourth-order valence-electron chi connectivity index (χ4n) is 2.57. The number of hydrogen-bond acceptors (Lipinski definition) is 5. The lowest BCUT2D eigenvalue weighted by atomic mass is 10.1. The van der Waals surface area contributed by atoms with E-state index in [1.165, 1.54) is 24.3 Å². The van der Waals surface area contributed by atoms with E-state index in [1.54, 1.807) is 19.1 Å². The van der Waals surface area contributed by atoms with Crippen molar-refractivity contribution in [3.8, 4) is 11.5 Å². The molecule has 0 saturated carbocycles. The van der Waals surface area contributed by atoms with Crippen molar-refractivity contribution >= 4 is 63.2 Å². The number of amides is 2. The first-order chi connectivity index (χ1) is 13.3. The van der Waals surface area contributed by atoms with Crippen LogP contribution in [-0.4, -0.2) is 27.8 Å². The molecule has 0 radical (unpaired) electrons. The maximum Gasteiger partial charge on any atom is 0.293 e. The van der Waals surface area contributed by atoms with Crippen LogP contribution >= 0.6 is 46.0 Å². The number of carbonyl (C=O) groups is 2. The van der Waals surface area contributed by atoms with Gasteiger partial charge < -0.3 is 9.84 Å². The second-order valence-electron chi connectivity index (χ2n) is 5.75. The van der Waals surface area contributed by atoms with E-state index < -0.39 is 17.0 Å².